The molecule has 0 bridgehead atoms. The summed E-state index contributed by atoms with van der Waals surface area (Å²) in [5, 5.41) is 0.913. The van der Waals surface area contributed by atoms with E-state index in [0.717, 1.165) is 0 Å². The predicted octanol–water partition coefficient (Wildman–Crippen LogP) is 3.29. The molecule has 4 N–H and O–H groups in total. The van der Waals surface area contributed by atoms with Gasteiger partial charge in [0.25, 0.3) is 23.6 Å². The van der Waals surface area contributed by atoms with Crippen molar-refractivity contribution >= 4 is 53.4 Å². The van der Waals surface area contributed by atoms with Crippen molar-refractivity contribution in [3.05, 3.63) is 29.8 Å². The Morgan fingerprint density at radius 2 is 1.04 bits per heavy atom. The highest BCUT2D eigenvalue weighted by Gasteiger charge is 2.34. The number of hydrogen-bond acceptors (Lipinski definition) is 14. The Kier molecular flexibility index (Phi) is 18.1. The van der Waals surface area contributed by atoms with Crippen molar-refractivity contribution in [1.82, 2.24) is 26.4 Å². The van der Waals surface area contributed by atoms with E-state index in [2.05, 4.69) is 26.5 Å². The summed E-state index contributed by atoms with van der Waals surface area (Å²) in [6.07, 6.45) is -1.30. The summed E-state index contributed by atoms with van der Waals surface area (Å²) >= 11 is 0. The Labute approximate surface area is 280 Å². The summed E-state index contributed by atoms with van der Waals surface area (Å²) in [4.78, 5) is 101. The molecule has 6 amide bonds. The first-order chi connectivity index (χ1) is 20.8. The maximum absolute atomic E-state index is 11.9. The molecule has 2 aliphatic rings. The van der Waals surface area contributed by atoms with Crippen molar-refractivity contribution in [3.8, 4) is 0 Å². The van der Waals surface area contributed by atoms with Gasteiger partial charge in [0.15, 0.2) is 0 Å². The monoisotopic (exact) mass is 684 g/mol. The Bertz CT molecular complexity index is 1290. The van der Waals surface area contributed by atoms with Crippen molar-refractivity contribution < 1.29 is 57.5 Å². The van der Waals surface area contributed by atoms with Crippen molar-refractivity contribution in [2.75, 3.05) is 12.0 Å². The molecular weight excluding hydrogens is 636 g/mol. The maximum atomic E-state index is 11.9. The molecule has 0 spiro atoms. The third kappa shape index (κ3) is 15.8. The predicted molar refractivity (Wildman–Crippen MR) is 171 cm³/mol. The first-order valence-corrected chi connectivity index (χ1v) is 13.6. The zero-order chi connectivity index (χ0) is 33.9. The summed E-state index contributed by atoms with van der Waals surface area (Å²) < 4.78 is 9.96. The van der Waals surface area contributed by atoms with Crippen LogP contribution in [0.2, 0.25) is 0 Å². The Hall–Kier alpha value is -5.26. The van der Waals surface area contributed by atoms with Crippen LogP contribution in [0.25, 0.3) is 0 Å². The minimum absolute atomic E-state index is 0. The number of carbonyl (C=O) groups excluding carboxylic acids is 8. The van der Waals surface area contributed by atoms with Gasteiger partial charge in [-0.15, -0.1) is 10.1 Å². The summed E-state index contributed by atoms with van der Waals surface area (Å²) in [5.41, 5.74) is 8.71. The summed E-state index contributed by atoms with van der Waals surface area (Å²) in [6, 6.07) is 5.88. The number of benzene rings is 1. The number of anilines is 1. The zero-order valence-electron chi connectivity index (χ0n) is 25.6. The van der Waals surface area contributed by atoms with Crippen LogP contribution in [0.5, 0.6) is 0 Å². The number of imide groups is 2. The summed E-state index contributed by atoms with van der Waals surface area (Å²) in [6.45, 7) is 9.85. The van der Waals surface area contributed by atoms with Crippen LogP contribution < -0.4 is 21.7 Å². The number of carbonyl (C=O) groups is 8. The second-order valence-electron chi connectivity index (χ2n) is 11.3. The van der Waals surface area contributed by atoms with Crippen molar-refractivity contribution in [3.63, 3.8) is 0 Å². The topological polar surface area (TPSA) is 228 Å². The fourth-order valence-electron chi connectivity index (χ4n) is 3.19. The Morgan fingerprint density at radius 1 is 0.646 bits per heavy atom. The van der Waals surface area contributed by atoms with E-state index in [-0.39, 0.29) is 53.5 Å². The average Bonchev–Trinajstić information content (AvgIpc) is 3.41. The number of hydrazine groups is 2. The number of nitrogens with zero attached hydrogens (tertiary/aromatic N) is 2. The second-order valence-corrected chi connectivity index (χ2v) is 11.3. The fraction of sp³-hybridized carbons (Fsp3) is 0.533. The number of nitrogens with one attached hydrogen (secondary N) is 4. The zero-order valence-corrected chi connectivity index (χ0v) is 25.6. The summed E-state index contributed by atoms with van der Waals surface area (Å²) in [5.74, 6) is -3.93. The van der Waals surface area contributed by atoms with Gasteiger partial charge in [0.05, 0.1) is 11.3 Å². The van der Waals surface area contributed by atoms with Crippen molar-refractivity contribution in [2.24, 2.45) is 0 Å². The SMILES string of the molecule is C.C.C.CC(C)(C)OC(=O)NNCC(=O)ON1C(=O)CCC1=O.CC(C)(C)OC(=O)NNc1ccc(C(=O)ON2C(=O)CCC2=O)cc1. The molecule has 0 saturated carbocycles. The molecule has 3 rings (SSSR count). The van der Waals surface area contributed by atoms with E-state index < -0.39 is 65.5 Å². The molecule has 18 heteroatoms. The standard InChI is InChI=1S/C16H19N3O6.C11H17N3O6.3CH4/c1-16(2,3)24-15(23)18-17-11-6-4-10(5-7-11)14(22)25-19-12(20)8-9-13(19)21;1-11(2,3)19-10(18)13-12-6-9(17)20-14-7(15)4-5-8(14)16;;;/h4-7,17H,8-9H2,1-3H3,(H,18,23);12H,4-6H2,1-3H3,(H,13,18);3*1H4. The largest absolute Gasteiger partial charge is 0.443 e. The molecular formula is C30H48N6O12. The van der Waals surface area contributed by atoms with E-state index in [1.165, 1.54) is 24.3 Å². The van der Waals surface area contributed by atoms with E-state index in [9.17, 15) is 38.4 Å². The minimum atomic E-state index is -0.885. The summed E-state index contributed by atoms with van der Waals surface area (Å²) in [7, 11) is 0. The van der Waals surface area contributed by atoms with Crippen LogP contribution in [-0.4, -0.2) is 75.6 Å². The minimum Gasteiger partial charge on any atom is -0.443 e. The number of hydroxylamine groups is 4. The van der Waals surface area contributed by atoms with E-state index in [0.29, 0.717) is 15.8 Å². The quantitative estimate of drug-likeness (QED) is 0.228. The highest BCUT2D eigenvalue weighted by atomic mass is 16.7. The number of hydrogen-bond donors (Lipinski definition) is 4. The molecule has 270 valence electrons. The van der Waals surface area contributed by atoms with Gasteiger partial charge in [0.2, 0.25) is 0 Å². The molecule has 18 nitrogen and oxygen atoms in total. The molecule has 0 aliphatic carbocycles. The van der Waals surface area contributed by atoms with Gasteiger partial charge in [-0.1, -0.05) is 22.3 Å². The molecule has 1 aromatic carbocycles. The molecule has 48 heavy (non-hydrogen) atoms. The maximum Gasteiger partial charge on any atom is 0.426 e. The van der Waals surface area contributed by atoms with Crippen molar-refractivity contribution in [2.45, 2.75) is 101 Å². The van der Waals surface area contributed by atoms with E-state index >= 15 is 0 Å². The van der Waals surface area contributed by atoms with Gasteiger partial charge in [0.1, 0.15) is 17.7 Å². The van der Waals surface area contributed by atoms with Gasteiger partial charge in [-0.2, -0.15) is 0 Å². The van der Waals surface area contributed by atoms with Crippen LogP contribution in [0.15, 0.2) is 24.3 Å². The van der Waals surface area contributed by atoms with E-state index in [1.54, 1.807) is 41.5 Å². The van der Waals surface area contributed by atoms with Crippen LogP contribution in [0.4, 0.5) is 15.3 Å². The number of rotatable bonds is 8. The third-order valence-electron chi connectivity index (χ3n) is 5.03. The Morgan fingerprint density at radius 3 is 1.46 bits per heavy atom. The molecule has 0 atom stereocenters. The van der Waals surface area contributed by atoms with Gasteiger partial charge in [-0.25, -0.2) is 30.0 Å². The fourth-order valence-corrected chi connectivity index (χ4v) is 3.19. The van der Waals surface area contributed by atoms with Gasteiger partial charge in [0, 0.05) is 25.7 Å². The lowest BCUT2D eigenvalue weighted by Crippen LogP contribution is -2.45. The van der Waals surface area contributed by atoms with E-state index in [4.69, 9.17) is 14.3 Å². The van der Waals surface area contributed by atoms with Crippen LogP contribution >= 0.6 is 0 Å². The molecule has 0 aromatic heterocycles. The lowest BCUT2D eigenvalue weighted by molar-refractivity contribution is -0.196. The highest BCUT2D eigenvalue weighted by Crippen LogP contribution is 2.16. The lowest BCUT2D eigenvalue weighted by Gasteiger charge is -2.20. The van der Waals surface area contributed by atoms with Crippen LogP contribution in [0.3, 0.4) is 0 Å². The number of ether oxygens (including phenoxy) is 2. The van der Waals surface area contributed by atoms with Gasteiger partial charge >= 0.3 is 24.1 Å². The molecule has 2 heterocycles. The van der Waals surface area contributed by atoms with Crippen molar-refractivity contribution in [1.29, 1.82) is 0 Å². The molecule has 0 radical (unpaired) electrons. The third-order valence-corrected chi connectivity index (χ3v) is 5.03. The first kappa shape index (κ1) is 44.9. The molecule has 0 unspecified atom stereocenters. The van der Waals surface area contributed by atoms with E-state index in [1.807, 2.05) is 0 Å². The van der Waals surface area contributed by atoms with Crippen LogP contribution in [-0.2, 0) is 43.1 Å². The van der Waals surface area contributed by atoms with Crippen LogP contribution in [0, 0.1) is 0 Å². The molecule has 2 aliphatic heterocycles. The first-order valence-electron chi connectivity index (χ1n) is 13.6. The molecule has 2 fully saturated rings. The Balaban J connectivity index is 0. The lowest BCUT2D eigenvalue weighted by atomic mass is 10.2. The molecule has 2 saturated heterocycles. The normalized spacial score (nSPS) is 13.8. The number of amides is 6. The average molecular weight is 685 g/mol. The van der Waals surface area contributed by atoms with Gasteiger partial charge in [-0.3, -0.25) is 30.0 Å². The van der Waals surface area contributed by atoms with Crippen LogP contribution in [0.1, 0.15) is 99.9 Å². The smallest absolute Gasteiger partial charge is 0.426 e. The highest BCUT2D eigenvalue weighted by molar-refractivity contribution is 6.03. The molecule has 1 aromatic rings. The van der Waals surface area contributed by atoms with Gasteiger partial charge < -0.3 is 19.1 Å². The van der Waals surface area contributed by atoms with Gasteiger partial charge in [-0.05, 0) is 65.8 Å². The second kappa shape index (κ2) is 19.4.